The van der Waals surface area contributed by atoms with Gasteiger partial charge in [-0.05, 0) is 110 Å². The number of likely N-dealkylation sites (tertiary alicyclic amines) is 1. The molecule has 0 saturated carbocycles. The van der Waals surface area contributed by atoms with Crippen molar-refractivity contribution < 1.29 is 47.0 Å². The molecule has 0 aliphatic carbocycles. The molecule has 6 unspecified atom stereocenters. The molecule has 4 aliphatic heterocycles. The predicted octanol–water partition coefficient (Wildman–Crippen LogP) is 8.76. The third-order valence-corrected chi connectivity index (χ3v) is 12.4. The quantitative estimate of drug-likeness (QED) is 0.125. The number of hydrogen-bond donors (Lipinski definition) is 3. The fraction of sp³-hybridized carbons (Fsp3) is 0.409. The monoisotopic (exact) mass is 952 g/mol. The summed E-state index contributed by atoms with van der Waals surface area (Å²) in [6.07, 6.45) is 0.126. The Bertz CT molecular complexity index is 2090. The maximum absolute atomic E-state index is 15.0. The number of piperidine rings is 2. The van der Waals surface area contributed by atoms with E-state index in [0.29, 0.717) is 79.8 Å². The second-order valence-electron chi connectivity index (χ2n) is 15.2. The lowest BCUT2D eigenvalue weighted by Crippen LogP contribution is -2.56. The number of hydrogen-bond acceptors (Lipinski definition) is 8. The van der Waals surface area contributed by atoms with Crippen LogP contribution in [0.2, 0.25) is 10.0 Å². The van der Waals surface area contributed by atoms with E-state index in [4.69, 9.17) is 38.0 Å². The van der Waals surface area contributed by atoms with E-state index < -0.39 is 41.7 Å². The molecular formula is C44H47BrCl2F4N4O6. The normalized spacial score (nSPS) is 24.6. The van der Waals surface area contributed by atoms with Gasteiger partial charge in [0.25, 0.3) is 11.8 Å². The van der Waals surface area contributed by atoms with Gasteiger partial charge in [-0.2, -0.15) is 0 Å². The molecule has 328 valence electrons. The minimum Gasteiger partial charge on any atom is -0.505 e. The van der Waals surface area contributed by atoms with Gasteiger partial charge in [-0.15, -0.1) is 0 Å². The van der Waals surface area contributed by atoms with E-state index in [0.717, 1.165) is 24.1 Å². The lowest BCUT2D eigenvalue weighted by atomic mass is 9.87. The van der Waals surface area contributed by atoms with E-state index in [1.54, 1.807) is 36.4 Å². The molecule has 0 spiro atoms. The Labute approximate surface area is 370 Å². The number of aromatic hydroxyl groups is 2. The minimum atomic E-state index is -1.23. The molecule has 0 radical (unpaired) electrons. The van der Waals surface area contributed by atoms with Crippen LogP contribution in [0, 0.1) is 11.6 Å². The molecule has 4 aromatic rings. The molecule has 0 bridgehead atoms. The SMILES string of the molecule is O=C1C(Br)CCON1Cc1ccc(Cl)cc1.O=C1C(N2CCC(c3ccc(O)c(F)c3)C(F)C2)CCON1Cc1ccc(Cl)cc1.Oc1ccc(C2CCNCC2F)cc1F. The zero-order valence-electron chi connectivity index (χ0n) is 33.0. The van der Waals surface area contributed by atoms with E-state index >= 15 is 0 Å². The van der Waals surface area contributed by atoms with Crippen LogP contribution in [0.15, 0.2) is 84.9 Å². The van der Waals surface area contributed by atoms with Crippen molar-refractivity contribution in [2.75, 3.05) is 39.4 Å². The highest BCUT2D eigenvalue weighted by Gasteiger charge is 2.40. The summed E-state index contributed by atoms with van der Waals surface area (Å²) >= 11 is 15.0. The van der Waals surface area contributed by atoms with Gasteiger partial charge in [0.2, 0.25) is 0 Å². The third-order valence-electron chi connectivity index (χ3n) is 11.0. The molecule has 17 heteroatoms. The van der Waals surface area contributed by atoms with Gasteiger partial charge in [0.15, 0.2) is 23.1 Å². The van der Waals surface area contributed by atoms with Gasteiger partial charge in [-0.1, -0.05) is 75.5 Å². The summed E-state index contributed by atoms with van der Waals surface area (Å²) in [5, 5.41) is 25.4. The Hall–Kier alpha value is -3.96. The van der Waals surface area contributed by atoms with Crippen LogP contribution in [0.4, 0.5) is 17.6 Å². The van der Waals surface area contributed by atoms with E-state index in [2.05, 4.69) is 21.2 Å². The number of nitrogens with one attached hydrogen (secondary N) is 1. The van der Waals surface area contributed by atoms with Crippen LogP contribution >= 0.6 is 39.1 Å². The van der Waals surface area contributed by atoms with Crippen LogP contribution in [-0.2, 0) is 32.4 Å². The zero-order valence-corrected chi connectivity index (χ0v) is 36.1. The molecule has 2 amide bonds. The van der Waals surface area contributed by atoms with Gasteiger partial charge in [0, 0.05) is 35.0 Å². The summed E-state index contributed by atoms with van der Waals surface area (Å²) in [5.74, 6) is -3.20. The Morgan fingerprint density at radius 2 is 1.20 bits per heavy atom. The topological polar surface area (TPSA) is 115 Å². The maximum Gasteiger partial charge on any atom is 0.263 e. The van der Waals surface area contributed by atoms with Gasteiger partial charge in [0.05, 0.1) is 37.2 Å². The number of phenols is 2. The number of alkyl halides is 3. The van der Waals surface area contributed by atoms with Crippen LogP contribution in [-0.4, -0.2) is 99.7 Å². The van der Waals surface area contributed by atoms with Crippen molar-refractivity contribution in [3.05, 3.63) is 129 Å². The predicted molar refractivity (Wildman–Crippen MR) is 227 cm³/mol. The molecule has 61 heavy (non-hydrogen) atoms. The van der Waals surface area contributed by atoms with Crippen LogP contribution in [0.5, 0.6) is 11.5 Å². The number of hydroxylamine groups is 4. The molecular weight excluding hydrogens is 907 g/mol. The van der Waals surface area contributed by atoms with Crippen molar-refractivity contribution in [1.82, 2.24) is 20.3 Å². The molecule has 4 fully saturated rings. The molecule has 4 heterocycles. The maximum atomic E-state index is 15.0. The Morgan fingerprint density at radius 3 is 1.70 bits per heavy atom. The number of benzene rings is 4. The molecule has 4 aliphatic rings. The first-order chi connectivity index (χ1) is 29.3. The second kappa shape index (κ2) is 21.9. The molecule has 4 aromatic carbocycles. The lowest BCUT2D eigenvalue weighted by molar-refractivity contribution is -0.212. The number of halogens is 7. The number of phenolic OH excluding ortho intramolecular Hbond substituents is 2. The van der Waals surface area contributed by atoms with Crippen molar-refractivity contribution in [2.24, 2.45) is 0 Å². The van der Waals surface area contributed by atoms with E-state index in [1.165, 1.54) is 34.4 Å². The van der Waals surface area contributed by atoms with Crippen molar-refractivity contribution >= 4 is 50.9 Å². The highest BCUT2D eigenvalue weighted by molar-refractivity contribution is 9.10. The average Bonchev–Trinajstić information content (AvgIpc) is 3.25. The van der Waals surface area contributed by atoms with Crippen molar-refractivity contribution in [3.63, 3.8) is 0 Å². The Morgan fingerprint density at radius 1 is 0.689 bits per heavy atom. The first-order valence-corrected chi connectivity index (χ1v) is 21.7. The van der Waals surface area contributed by atoms with E-state index in [-0.39, 0.29) is 34.9 Å². The van der Waals surface area contributed by atoms with Crippen molar-refractivity contribution in [3.8, 4) is 11.5 Å². The zero-order chi connectivity index (χ0) is 43.6. The first kappa shape index (κ1) is 46.5. The first-order valence-electron chi connectivity index (χ1n) is 20.0. The van der Waals surface area contributed by atoms with Crippen LogP contribution in [0.25, 0.3) is 0 Å². The highest BCUT2D eigenvalue weighted by Crippen LogP contribution is 2.35. The number of carbonyl (C=O) groups excluding carboxylic acids is 2. The number of rotatable bonds is 7. The van der Waals surface area contributed by atoms with Gasteiger partial charge < -0.3 is 15.5 Å². The minimum absolute atomic E-state index is 0.0267. The number of amides is 2. The largest absolute Gasteiger partial charge is 0.505 e. The fourth-order valence-electron chi connectivity index (χ4n) is 7.63. The fourth-order valence-corrected chi connectivity index (χ4v) is 8.29. The molecule has 4 saturated heterocycles. The molecule has 0 aromatic heterocycles. The summed E-state index contributed by atoms with van der Waals surface area (Å²) in [7, 11) is 0. The number of carbonyl (C=O) groups is 2. The smallest absolute Gasteiger partial charge is 0.263 e. The van der Waals surface area contributed by atoms with Gasteiger partial charge in [-0.25, -0.2) is 27.7 Å². The van der Waals surface area contributed by atoms with E-state index in [1.807, 2.05) is 29.2 Å². The Kier molecular flexibility index (Phi) is 16.7. The summed E-state index contributed by atoms with van der Waals surface area (Å²) in [6.45, 7) is 3.38. The standard InChI is InChI=1S/C22H23ClF2N2O3.C11H11BrClNO2.C11H13F2NO/c23-16-4-1-14(2-5-16)12-27-22(29)20(8-10-30-27)26-9-7-17(19(25)13-26)15-3-6-21(28)18(24)11-15;12-10-5-6-16-14(11(10)15)7-8-1-3-9(13)4-2-8;12-9-5-7(1-2-11(9)15)8-3-4-14-6-10(8)13/h1-6,11,17,19-20,28H,7-10,12-13H2;1-4,10H,5-7H2;1-2,5,8,10,14-15H,3-4,6H2. The van der Waals surface area contributed by atoms with Gasteiger partial charge >= 0.3 is 0 Å². The van der Waals surface area contributed by atoms with Crippen molar-refractivity contribution in [2.45, 2.75) is 73.8 Å². The molecule has 8 rings (SSSR count). The summed E-state index contributed by atoms with van der Waals surface area (Å²) in [4.78, 5) is 37.3. The van der Waals surface area contributed by atoms with E-state index in [9.17, 15) is 32.3 Å². The second-order valence-corrected chi connectivity index (χ2v) is 17.2. The summed E-state index contributed by atoms with van der Waals surface area (Å²) in [6, 6.07) is 22.2. The summed E-state index contributed by atoms with van der Waals surface area (Å²) < 4.78 is 55.2. The number of nitrogens with zero attached hydrogens (tertiary/aromatic N) is 3. The van der Waals surface area contributed by atoms with Crippen LogP contribution in [0.3, 0.4) is 0 Å². The van der Waals surface area contributed by atoms with Gasteiger partial charge in [-0.3, -0.25) is 24.2 Å². The third kappa shape index (κ3) is 12.6. The van der Waals surface area contributed by atoms with Crippen molar-refractivity contribution in [1.29, 1.82) is 0 Å². The lowest BCUT2D eigenvalue weighted by Gasteiger charge is -2.42. The van der Waals surface area contributed by atoms with Crippen LogP contribution in [0.1, 0.15) is 59.8 Å². The Balaban J connectivity index is 0.000000169. The molecule has 10 nitrogen and oxygen atoms in total. The van der Waals surface area contributed by atoms with Crippen LogP contribution < -0.4 is 5.32 Å². The average molecular weight is 955 g/mol. The van der Waals surface area contributed by atoms with Gasteiger partial charge in [0.1, 0.15) is 12.3 Å². The molecule has 6 atom stereocenters. The highest BCUT2D eigenvalue weighted by atomic mass is 79.9. The molecule has 3 N–H and O–H groups in total. The summed E-state index contributed by atoms with van der Waals surface area (Å²) in [5.41, 5.74) is 3.05.